The lowest BCUT2D eigenvalue weighted by Gasteiger charge is -2.20. The molecule has 0 aliphatic carbocycles. The molecule has 0 aliphatic rings. The van der Waals surface area contributed by atoms with E-state index in [0.717, 1.165) is 18.1 Å². The molecular weight excluding hydrogens is 242 g/mol. The van der Waals surface area contributed by atoms with E-state index in [2.05, 4.69) is 37.9 Å². The first-order chi connectivity index (χ1) is 8.88. The number of aryl methyl sites for hydroxylation is 1. The van der Waals surface area contributed by atoms with Gasteiger partial charge in [0.1, 0.15) is 17.6 Å². The van der Waals surface area contributed by atoms with Crippen molar-refractivity contribution in [3.63, 3.8) is 0 Å². The Bertz CT molecular complexity index is 424. The molecule has 0 aromatic carbocycles. The molecule has 1 heterocycles. The van der Waals surface area contributed by atoms with Crippen molar-refractivity contribution in [3.8, 4) is 0 Å². The summed E-state index contributed by atoms with van der Waals surface area (Å²) in [6.45, 7) is 12.4. The number of hydrogen-bond donors (Lipinski definition) is 0. The SMILES string of the molecule is CCOC(=O)C(CC(C)C)c1nnc(C)n1C(C)C. The summed E-state index contributed by atoms with van der Waals surface area (Å²) in [7, 11) is 0. The van der Waals surface area contributed by atoms with E-state index >= 15 is 0 Å². The average Bonchev–Trinajstić information content (AvgIpc) is 2.67. The third kappa shape index (κ3) is 3.78. The predicted octanol–water partition coefficient (Wildman–Crippen LogP) is 2.86. The van der Waals surface area contributed by atoms with Gasteiger partial charge in [0.15, 0.2) is 0 Å². The molecular formula is C14H25N3O2. The smallest absolute Gasteiger partial charge is 0.316 e. The van der Waals surface area contributed by atoms with Crippen LogP contribution in [0.25, 0.3) is 0 Å². The maximum atomic E-state index is 12.2. The van der Waals surface area contributed by atoms with Crippen LogP contribution < -0.4 is 0 Å². The van der Waals surface area contributed by atoms with E-state index in [9.17, 15) is 4.79 Å². The number of rotatable bonds is 6. The van der Waals surface area contributed by atoms with Gasteiger partial charge in [-0.3, -0.25) is 4.79 Å². The van der Waals surface area contributed by atoms with Crippen LogP contribution >= 0.6 is 0 Å². The summed E-state index contributed by atoms with van der Waals surface area (Å²) in [4.78, 5) is 12.2. The van der Waals surface area contributed by atoms with Gasteiger partial charge in [-0.1, -0.05) is 13.8 Å². The summed E-state index contributed by atoms with van der Waals surface area (Å²) in [5.41, 5.74) is 0. The lowest BCUT2D eigenvalue weighted by molar-refractivity contribution is -0.145. The van der Waals surface area contributed by atoms with E-state index in [1.807, 2.05) is 18.4 Å². The monoisotopic (exact) mass is 267 g/mol. The summed E-state index contributed by atoms with van der Waals surface area (Å²) in [6, 6.07) is 0.231. The number of ether oxygens (including phenoxy) is 1. The van der Waals surface area contributed by atoms with Crippen LogP contribution in [0.1, 0.15) is 64.6 Å². The van der Waals surface area contributed by atoms with E-state index in [4.69, 9.17) is 4.74 Å². The Morgan fingerprint density at radius 2 is 1.89 bits per heavy atom. The van der Waals surface area contributed by atoms with Crippen molar-refractivity contribution in [2.24, 2.45) is 5.92 Å². The maximum absolute atomic E-state index is 12.2. The fourth-order valence-electron chi connectivity index (χ4n) is 2.28. The fraction of sp³-hybridized carbons (Fsp3) is 0.786. The molecule has 1 aromatic rings. The minimum atomic E-state index is -0.330. The van der Waals surface area contributed by atoms with Crippen molar-refractivity contribution in [3.05, 3.63) is 11.6 Å². The lowest BCUT2D eigenvalue weighted by Crippen LogP contribution is -2.23. The summed E-state index contributed by atoms with van der Waals surface area (Å²) in [5, 5.41) is 8.32. The van der Waals surface area contributed by atoms with E-state index < -0.39 is 0 Å². The number of hydrogen-bond acceptors (Lipinski definition) is 4. The third-order valence-corrected chi connectivity index (χ3v) is 3.00. The normalized spacial score (nSPS) is 13.1. The summed E-state index contributed by atoms with van der Waals surface area (Å²) < 4.78 is 7.20. The van der Waals surface area contributed by atoms with Crippen LogP contribution in [0.4, 0.5) is 0 Å². The summed E-state index contributed by atoms with van der Waals surface area (Å²) in [6.07, 6.45) is 0.726. The number of aromatic nitrogens is 3. The van der Waals surface area contributed by atoms with Crippen LogP contribution in [0.3, 0.4) is 0 Å². The number of esters is 1. The fourth-order valence-corrected chi connectivity index (χ4v) is 2.28. The largest absolute Gasteiger partial charge is 0.465 e. The second-order valence-electron chi connectivity index (χ2n) is 5.50. The molecule has 0 saturated heterocycles. The standard InChI is InChI=1S/C14H25N3O2/c1-7-19-14(18)12(8-9(2)3)13-16-15-11(6)17(13)10(4)5/h9-10,12H,7-8H2,1-6H3. The van der Waals surface area contributed by atoms with Crippen LogP contribution in [0, 0.1) is 12.8 Å². The number of carbonyl (C=O) groups excluding carboxylic acids is 1. The molecule has 0 spiro atoms. The Kier molecular flexibility index (Phi) is 5.51. The van der Waals surface area contributed by atoms with Gasteiger partial charge in [0.2, 0.25) is 0 Å². The zero-order chi connectivity index (χ0) is 14.6. The first-order valence-electron chi connectivity index (χ1n) is 6.96. The Morgan fingerprint density at radius 3 is 2.37 bits per heavy atom. The molecule has 0 fully saturated rings. The van der Waals surface area contributed by atoms with Crippen molar-refractivity contribution >= 4 is 5.97 Å². The minimum Gasteiger partial charge on any atom is -0.465 e. The molecule has 1 aromatic heterocycles. The highest BCUT2D eigenvalue weighted by Crippen LogP contribution is 2.26. The van der Waals surface area contributed by atoms with Gasteiger partial charge in [-0.15, -0.1) is 10.2 Å². The molecule has 1 rings (SSSR count). The van der Waals surface area contributed by atoms with Crippen molar-refractivity contribution in [2.45, 2.75) is 59.9 Å². The molecule has 1 atom stereocenters. The second-order valence-corrected chi connectivity index (χ2v) is 5.50. The lowest BCUT2D eigenvalue weighted by atomic mass is 9.96. The third-order valence-electron chi connectivity index (χ3n) is 3.00. The first kappa shape index (κ1) is 15.7. The van der Waals surface area contributed by atoms with Gasteiger partial charge in [-0.2, -0.15) is 0 Å². The zero-order valence-electron chi connectivity index (χ0n) is 12.8. The van der Waals surface area contributed by atoms with Gasteiger partial charge in [-0.25, -0.2) is 0 Å². The molecule has 0 amide bonds. The van der Waals surface area contributed by atoms with Gasteiger partial charge in [0.25, 0.3) is 0 Å². The van der Waals surface area contributed by atoms with Crippen molar-refractivity contribution in [2.75, 3.05) is 6.61 Å². The Morgan fingerprint density at radius 1 is 1.26 bits per heavy atom. The Hall–Kier alpha value is -1.39. The summed E-state index contributed by atoms with van der Waals surface area (Å²) in [5.74, 6) is 1.42. The molecule has 108 valence electrons. The highest BCUT2D eigenvalue weighted by molar-refractivity contribution is 5.77. The molecule has 0 N–H and O–H groups in total. The topological polar surface area (TPSA) is 57.0 Å². The van der Waals surface area contributed by atoms with Gasteiger partial charge in [0, 0.05) is 6.04 Å². The van der Waals surface area contributed by atoms with Crippen LogP contribution in [-0.4, -0.2) is 27.3 Å². The van der Waals surface area contributed by atoms with Crippen LogP contribution in [-0.2, 0) is 9.53 Å². The van der Waals surface area contributed by atoms with Gasteiger partial charge in [-0.05, 0) is 40.0 Å². The quantitative estimate of drug-likeness (QED) is 0.744. The molecule has 0 bridgehead atoms. The van der Waals surface area contributed by atoms with Gasteiger partial charge in [0.05, 0.1) is 6.61 Å². The summed E-state index contributed by atoms with van der Waals surface area (Å²) >= 11 is 0. The van der Waals surface area contributed by atoms with Crippen LogP contribution in [0.2, 0.25) is 0 Å². The van der Waals surface area contributed by atoms with E-state index in [-0.39, 0.29) is 17.9 Å². The highest BCUT2D eigenvalue weighted by atomic mass is 16.5. The van der Waals surface area contributed by atoms with Crippen molar-refractivity contribution in [1.82, 2.24) is 14.8 Å². The highest BCUT2D eigenvalue weighted by Gasteiger charge is 2.29. The predicted molar refractivity (Wildman–Crippen MR) is 74.0 cm³/mol. The van der Waals surface area contributed by atoms with Crippen molar-refractivity contribution in [1.29, 1.82) is 0 Å². The Balaban J connectivity index is 3.13. The molecule has 1 unspecified atom stereocenters. The molecule has 0 saturated carbocycles. The minimum absolute atomic E-state index is 0.203. The van der Waals surface area contributed by atoms with E-state index in [1.54, 1.807) is 0 Å². The second kappa shape index (κ2) is 6.68. The van der Waals surface area contributed by atoms with Crippen molar-refractivity contribution < 1.29 is 9.53 Å². The molecule has 0 aliphatic heterocycles. The first-order valence-corrected chi connectivity index (χ1v) is 6.96. The average molecular weight is 267 g/mol. The number of carbonyl (C=O) groups is 1. The van der Waals surface area contributed by atoms with Gasteiger partial charge >= 0.3 is 5.97 Å². The zero-order valence-corrected chi connectivity index (χ0v) is 12.8. The Labute approximate surface area is 115 Å². The molecule has 0 radical (unpaired) electrons. The molecule has 5 heteroatoms. The van der Waals surface area contributed by atoms with Gasteiger partial charge < -0.3 is 9.30 Å². The van der Waals surface area contributed by atoms with E-state index in [0.29, 0.717) is 12.5 Å². The molecule has 5 nitrogen and oxygen atoms in total. The van der Waals surface area contributed by atoms with Crippen LogP contribution in [0.5, 0.6) is 0 Å². The number of nitrogens with zero attached hydrogens (tertiary/aromatic N) is 3. The maximum Gasteiger partial charge on any atom is 0.316 e. The van der Waals surface area contributed by atoms with Crippen LogP contribution in [0.15, 0.2) is 0 Å². The van der Waals surface area contributed by atoms with E-state index in [1.165, 1.54) is 0 Å². The molecule has 19 heavy (non-hydrogen) atoms.